The summed E-state index contributed by atoms with van der Waals surface area (Å²) in [6, 6.07) is 5.63. The van der Waals surface area contributed by atoms with Crippen molar-refractivity contribution in [2.75, 3.05) is 6.61 Å². The van der Waals surface area contributed by atoms with Gasteiger partial charge in [-0.25, -0.2) is 4.79 Å². The van der Waals surface area contributed by atoms with Crippen molar-refractivity contribution in [1.82, 2.24) is 0 Å². The molecule has 6 atom stereocenters. The van der Waals surface area contributed by atoms with Crippen LogP contribution in [-0.2, 0) is 14.3 Å². The van der Waals surface area contributed by atoms with Crippen molar-refractivity contribution in [3.63, 3.8) is 0 Å². The number of aliphatic hydroxyl groups is 4. The molecule has 1 heterocycles. The van der Waals surface area contributed by atoms with Gasteiger partial charge in [0, 0.05) is 5.57 Å². The van der Waals surface area contributed by atoms with E-state index in [-0.39, 0.29) is 18.1 Å². The molecule has 2 rings (SSSR count). The zero-order valence-electron chi connectivity index (χ0n) is 17.5. The number of aromatic hydroxyl groups is 1. The van der Waals surface area contributed by atoms with Crippen LogP contribution in [0.4, 0.5) is 0 Å². The molecular weight excluding hydrogens is 408 g/mol. The molecule has 0 aliphatic carbocycles. The molecule has 0 saturated carbocycles. The summed E-state index contributed by atoms with van der Waals surface area (Å²) < 4.78 is 16.1. The fourth-order valence-electron chi connectivity index (χ4n) is 2.85. The number of carbonyl (C=O) groups is 1. The number of hydrogen-bond donors (Lipinski definition) is 5. The van der Waals surface area contributed by atoms with E-state index >= 15 is 0 Å². The van der Waals surface area contributed by atoms with Crippen LogP contribution in [0.1, 0.15) is 26.7 Å². The first kappa shape index (κ1) is 24.8. The molecule has 0 aromatic heterocycles. The van der Waals surface area contributed by atoms with Crippen LogP contribution in [0.3, 0.4) is 0 Å². The molecule has 0 spiro atoms. The predicted molar refractivity (Wildman–Crippen MR) is 110 cm³/mol. The molecular formula is C22H30O9. The molecule has 0 radical (unpaired) electrons. The van der Waals surface area contributed by atoms with Crippen LogP contribution < -0.4 is 4.74 Å². The SMILES string of the molecule is C=CC(C)(O)CCC=C(C)C(=O)OCC1OC(Oc2ccc(O)cc2)C(O)C(O)C1O. The maximum absolute atomic E-state index is 12.2. The number of esters is 1. The van der Waals surface area contributed by atoms with Crippen LogP contribution >= 0.6 is 0 Å². The van der Waals surface area contributed by atoms with Crippen molar-refractivity contribution < 1.29 is 44.5 Å². The molecule has 172 valence electrons. The summed E-state index contributed by atoms with van der Waals surface area (Å²) in [6.45, 7) is 6.33. The van der Waals surface area contributed by atoms with Crippen LogP contribution in [0, 0.1) is 0 Å². The quantitative estimate of drug-likeness (QED) is 0.214. The van der Waals surface area contributed by atoms with E-state index in [0.717, 1.165) is 0 Å². The number of rotatable bonds is 9. The summed E-state index contributed by atoms with van der Waals surface area (Å²) in [5, 5.41) is 49.6. The summed E-state index contributed by atoms with van der Waals surface area (Å²) in [6.07, 6.45) is -3.26. The Kier molecular flexibility index (Phi) is 8.60. The zero-order chi connectivity index (χ0) is 23.2. The highest BCUT2D eigenvalue weighted by Gasteiger charge is 2.45. The Morgan fingerprint density at radius 1 is 1.19 bits per heavy atom. The second kappa shape index (κ2) is 10.7. The number of benzene rings is 1. The highest BCUT2D eigenvalue weighted by molar-refractivity contribution is 5.87. The molecule has 1 aliphatic rings. The second-order valence-corrected chi connectivity index (χ2v) is 7.71. The average Bonchev–Trinajstić information content (AvgIpc) is 2.74. The molecule has 6 unspecified atom stereocenters. The van der Waals surface area contributed by atoms with Gasteiger partial charge in [-0.3, -0.25) is 0 Å². The fourth-order valence-corrected chi connectivity index (χ4v) is 2.85. The number of ether oxygens (including phenoxy) is 3. The maximum atomic E-state index is 12.2. The number of carbonyl (C=O) groups excluding carboxylic acids is 1. The van der Waals surface area contributed by atoms with E-state index in [1.165, 1.54) is 30.3 Å². The third-order valence-corrected chi connectivity index (χ3v) is 5.00. The van der Waals surface area contributed by atoms with Crippen LogP contribution in [0.25, 0.3) is 0 Å². The minimum Gasteiger partial charge on any atom is -0.508 e. The Bertz CT molecular complexity index is 772. The van der Waals surface area contributed by atoms with Gasteiger partial charge in [0.25, 0.3) is 0 Å². The van der Waals surface area contributed by atoms with E-state index in [0.29, 0.717) is 18.4 Å². The van der Waals surface area contributed by atoms with Gasteiger partial charge in [-0.1, -0.05) is 12.2 Å². The summed E-state index contributed by atoms with van der Waals surface area (Å²) in [7, 11) is 0. The van der Waals surface area contributed by atoms with Gasteiger partial charge in [0.2, 0.25) is 6.29 Å². The van der Waals surface area contributed by atoms with Gasteiger partial charge >= 0.3 is 5.97 Å². The van der Waals surface area contributed by atoms with Gasteiger partial charge in [0.1, 0.15) is 42.5 Å². The highest BCUT2D eigenvalue weighted by Crippen LogP contribution is 2.26. The lowest BCUT2D eigenvalue weighted by atomic mass is 9.99. The molecule has 0 amide bonds. The fraction of sp³-hybridized carbons (Fsp3) is 0.500. The smallest absolute Gasteiger partial charge is 0.333 e. The van der Waals surface area contributed by atoms with Crippen molar-refractivity contribution in [2.45, 2.75) is 63.0 Å². The number of phenolic OH excluding ortho intramolecular Hbond substituents is 1. The predicted octanol–water partition coefficient (Wildman–Crippen LogP) is 0.785. The molecule has 0 bridgehead atoms. The molecule has 5 N–H and O–H groups in total. The molecule has 1 aromatic rings. The van der Waals surface area contributed by atoms with E-state index in [1.54, 1.807) is 19.9 Å². The topological polar surface area (TPSA) is 146 Å². The third-order valence-electron chi connectivity index (χ3n) is 5.00. The molecule has 9 heteroatoms. The van der Waals surface area contributed by atoms with Crippen LogP contribution in [-0.4, -0.2) is 74.4 Å². The lowest BCUT2D eigenvalue weighted by Crippen LogP contribution is -2.60. The van der Waals surface area contributed by atoms with Crippen LogP contribution in [0.5, 0.6) is 11.5 Å². The monoisotopic (exact) mass is 438 g/mol. The van der Waals surface area contributed by atoms with Crippen molar-refractivity contribution in [1.29, 1.82) is 0 Å². The first-order chi connectivity index (χ1) is 14.5. The average molecular weight is 438 g/mol. The normalized spacial score (nSPS) is 28.5. The van der Waals surface area contributed by atoms with E-state index < -0.39 is 42.3 Å². The lowest BCUT2D eigenvalue weighted by Gasteiger charge is -2.39. The molecule has 31 heavy (non-hydrogen) atoms. The van der Waals surface area contributed by atoms with E-state index in [1.807, 2.05) is 0 Å². The number of allylic oxidation sites excluding steroid dienone is 1. The Morgan fingerprint density at radius 3 is 2.45 bits per heavy atom. The largest absolute Gasteiger partial charge is 0.508 e. The second-order valence-electron chi connectivity index (χ2n) is 7.71. The van der Waals surface area contributed by atoms with Crippen LogP contribution in [0.2, 0.25) is 0 Å². The zero-order valence-corrected chi connectivity index (χ0v) is 17.5. The van der Waals surface area contributed by atoms with Crippen molar-refractivity contribution in [2.24, 2.45) is 0 Å². The lowest BCUT2D eigenvalue weighted by molar-refractivity contribution is -0.278. The highest BCUT2D eigenvalue weighted by atomic mass is 16.7. The van der Waals surface area contributed by atoms with E-state index in [9.17, 15) is 30.3 Å². The van der Waals surface area contributed by atoms with Gasteiger partial charge in [0.15, 0.2) is 0 Å². The Morgan fingerprint density at radius 2 is 1.84 bits per heavy atom. The summed E-state index contributed by atoms with van der Waals surface area (Å²) in [5.41, 5.74) is -0.729. The first-order valence-electron chi connectivity index (χ1n) is 9.89. The summed E-state index contributed by atoms with van der Waals surface area (Å²) in [5.74, 6) is -0.365. The van der Waals surface area contributed by atoms with Gasteiger partial charge in [-0.15, -0.1) is 6.58 Å². The van der Waals surface area contributed by atoms with Crippen molar-refractivity contribution >= 4 is 5.97 Å². The Hall–Kier alpha value is -2.43. The van der Waals surface area contributed by atoms with Gasteiger partial charge < -0.3 is 39.7 Å². The first-order valence-corrected chi connectivity index (χ1v) is 9.89. The summed E-state index contributed by atoms with van der Waals surface area (Å²) >= 11 is 0. The molecule has 1 saturated heterocycles. The van der Waals surface area contributed by atoms with E-state index in [4.69, 9.17) is 14.2 Å². The molecule has 9 nitrogen and oxygen atoms in total. The van der Waals surface area contributed by atoms with Crippen molar-refractivity contribution in [3.05, 3.63) is 48.6 Å². The Labute approximate surface area is 180 Å². The molecule has 1 aliphatic heterocycles. The summed E-state index contributed by atoms with van der Waals surface area (Å²) in [4.78, 5) is 12.2. The third kappa shape index (κ3) is 7.05. The minimum absolute atomic E-state index is 0.0224. The molecule has 1 aromatic carbocycles. The van der Waals surface area contributed by atoms with Gasteiger partial charge in [0.05, 0.1) is 5.60 Å². The van der Waals surface area contributed by atoms with Crippen molar-refractivity contribution in [3.8, 4) is 11.5 Å². The Balaban J connectivity index is 1.93. The van der Waals surface area contributed by atoms with Gasteiger partial charge in [-0.05, 0) is 51.0 Å². The number of phenols is 1. The number of aliphatic hydroxyl groups excluding tert-OH is 3. The minimum atomic E-state index is -1.59. The molecule has 1 fully saturated rings. The number of hydrogen-bond acceptors (Lipinski definition) is 9. The maximum Gasteiger partial charge on any atom is 0.333 e. The standard InChI is InChI=1S/C22H30O9/c1-4-22(3,28)11-5-6-13(2)20(27)29-12-16-17(24)18(25)19(26)21(31-16)30-15-9-7-14(23)8-10-15/h4,6-10,16-19,21,23-26,28H,1,5,11-12H2,2-3H3. The van der Waals surface area contributed by atoms with Gasteiger partial charge in [-0.2, -0.15) is 0 Å². The van der Waals surface area contributed by atoms with E-state index in [2.05, 4.69) is 6.58 Å². The van der Waals surface area contributed by atoms with Crippen LogP contribution in [0.15, 0.2) is 48.6 Å².